The van der Waals surface area contributed by atoms with Crippen LogP contribution >= 0.6 is 0 Å². The Kier molecular flexibility index (Phi) is 4.16. The maximum atomic E-state index is 5.36. The molecule has 19 heavy (non-hydrogen) atoms. The number of aryl methyl sites for hydroxylation is 3. The quantitative estimate of drug-likeness (QED) is 0.889. The van der Waals surface area contributed by atoms with E-state index < -0.39 is 0 Å². The second-order valence-electron chi connectivity index (χ2n) is 4.57. The van der Waals surface area contributed by atoms with E-state index in [9.17, 15) is 0 Å². The Morgan fingerprint density at radius 2 is 2.05 bits per heavy atom. The SMILES string of the molecule is COc1c(CNCc2cccc(C)n2)c(C)nn1C. The number of rotatable bonds is 5. The number of hydrogen-bond acceptors (Lipinski definition) is 4. The fourth-order valence-corrected chi connectivity index (χ4v) is 2.15. The molecule has 0 unspecified atom stereocenters. The Morgan fingerprint density at radius 1 is 1.26 bits per heavy atom. The van der Waals surface area contributed by atoms with Crippen LogP contribution in [0.3, 0.4) is 0 Å². The molecule has 0 aliphatic rings. The Bertz CT molecular complexity index is 563. The Morgan fingerprint density at radius 3 is 2.74 bits per heavy atom. The number of aromatic nitrogens is 3. The zero-order chi connectivity index (χ0) is 13.8. The van der Waals surface area contributed by atoms with Crippen molar-refractivity contribution < 1.29 is 4.74 Å². The number of pyridine rings is 1. The third kappa shape index (κ3) is 3.12. The zero-order valence-corrected chi connectivity index (χ0v) is 11.9. The van der Waals surface area contributed by atoms with Gasteiger partial charge >= 0.3 is 0 Å². The van der Waals surface area contributed by atoms with Crippen molar-refractivity contribution in [3.05, 3.63) is 40.8 Å². The first-order valence-electron chi connectivity index (χ1n) is 6.31. The third-order valence-corrected chi connectivity index (χ3v) is 3.04. The van der Waals surface area contributed by atoms with Gasteiger partial charge in [-0.2, -0.15) is 5.10 Å². The summed E-state index contributed by atoms with van der Waals surface area (Å²) >= 11 is 0. The van der Waals surface area contributed by atoms with E-state index in [-0.39, 0.29) is 0 Å². The number of nitrogens with zero attached hydrogens (tertiary/aromatic N) is 3. The normalized spacial score (nSPS) is 10.7. The summed E-state index contributed by atoms with van der Waals surface area (Å²) in [4.78, 5) is 4.46. The molecular weight excluding hydrogens is 240 g/mol. The van der Waals surface area contributed by atoms with Gasteiger partial charge < -0.3 is 10.1 Å². The summed E-state index contributed by atoms with van der Waals surface area (Å²) in [5, 5.41) is 7.74. The van der Waals surface area contributed by atoms with E-state index in [1.807, 2.05) is 39.1 Å². The topological polar surface area (TPSA) is 52.0 Å². The molecule has 0 atom stereocenters. The van der Waals surface area contributed by atoms with Crippen LogP contribution in [-0.4, -0.2) is 21.9 Å². The number of hydrogen-bond donors (Lipinski definition) is 1. The Labute approximate surface area is 113 Å². The summed E-state index contributed by atoms with van der Waals surface area (Å²) < 4.78 is 7.12. The van der Waals surface area contributed by atoms with E-state index in [0.717, 1.165) is 41.6 Å². The van der Waals surface area contributed by atoms with Gasteiger partial charge in [-0.25, -0.2) is 4.68 Å². The summed E-state index contributed by atoms with van der Waals surface area (Å²) in [5.74, 6) is 0.808. The summed E-state index contributed by atoms with van der Waals surface area (Å²) in [6.07, 6.45) is 0. The molecule has 0 fully saturated rings. The van der Waals surface area contributed by atoms with Crippen molar-refractivity contribution in [2.24, 2.45) is 7.05 Å². The van der Waals surface area contributed by atoms with Gasteiger partial charge in [0.05, 0.1) is 24.1 Å². The van der Waals surface area contributed by atoms with Crippen LogP contribution in [0.5, 0.6) is 5.88 Å². The minimum absolute atomic E-state index is 0.721. The third-order valence-electron chi connectivity index (χ3n) is 3.04. The van der Waals surface area contributed by atoms with Crippen molar-refractivity contribution in [1.29, 1.82) is 0 Å². The molecule has 2 aromatic rings. The van der Waals surface area contributed by atoms with Crippen LogP contribution in [-0.2, 0) is 20.1 Å². The highest BCUT2D eigenvalue weighted by Gasteiger charge is 2.12. The van der Waals surface area contributed by atoms with E-state index in [0.29, 0.717) is 0 Å². The number of ether oxygens (including phenoxy) is 1. The lowest BCUT2D eigenvalue weighted by atomic mass is 10.2. The average Bonchev–Trinajstić information content (AvgIpc) is 2.64. The minimum Gasteiger partial charge on any atom is -0.481 e. The standard InChI is InChI=1S/C14H20N4O/c1-10-6-5-7-12(16-10)8-15-9-13-11(2)17-18(3)14(13)19-4/h5-7,15H,8-9H2,1-4H3. The van der Waals surface area contributed by atoms with Crippen LogP contribution in [0.2, 0.25) is 0 Å². The van der Waals surface area contributed by atoms with E-state index in [1.54, 1.807) is 11.8 Å². The van der Waals surface area contributed by atoms with Gasteiger partial charge in [-0.15, -0.1) is 0 Å². The summed E-state index contributed by atoms with van der Waals surface area (Å²) in [5.41, 5.74) is 4.16. The summed E-state index contributed by atoms with van der Waals surface area (Å²) in [7, 11) is 3.56. The van der Waals surface area contributed by atoms with Crippen LogP contribution in [0.25, 0.3) is 0 Å². The van der Waals surface area contributed by atoms with Crippen molar-refractivity contribution in [2.75, 3.05) is 7.11 Å². The first-order chi connectivity index (χ1) is 9.11. The molecule has 1 N–H and O–H groups in total. The predicted octanol–water partition coefficient (Wildman–Crippen LogP) is 1.73. The van der Waals surface area contributed by atoms with E-state index in [1.165, 1.54) is 0 Å². The van der Waals surface area contributed by atoms with Crippen LogP contribution in [0.15, 0.2) is 18.2 Å². The molecule has 2 heterocycles. The average molecular weight is 260 g/mol. The number of methoxy groups -OCH3 is 1. The van der Waals surface area contributed by atoms with Gasteiger partial charge in [0.1, 0.15) is 0 Å². The highest BCUT2D eigenvalue weighted by Crippen LogP contribution is 2.20. The van der Waals surface area contributed by atoms with Gasteiger partial charge in [0.25, 0.3) is 0 Å². The molecule has 0 bridgehead atoms. The zero-order valence-electron chi connectivity index (χ0n) is 11.9. The highest BCUT2D eigenvalue weighted by molar-refractivity contribution is 5.30. The van der Waals surface area contributed by atoms with Crippen molar-refractivity contribution in [3.63, 3.8) is 0 Å². The fraction of sp³-hybridized carbons (Fsp3) is 0.429. The molecule has 0 saturated carbocycles. The Hall–Kier alpha value is -1.88. The summed E-state index contributed by atoms with van der Waals surface area (Å²) in [6.45, 7) is 5.44. The maximum Gasteiger partial charge on any atom is 0.216 e. The van der Waals surface area contributed by atoms with Gasteiger partial charge in [-0.1, -0.05) is 6.07 Å². The molecule has 5 nitrogen and oxygen atoms in total. The van der Waals surface area contributed by atoms with Gasteiger partial charge in [0.15, 0.2) is 0 Å². The van der Waals surface area contributed by atoms with E-state index >= 15 is 0 Å². The van der Waals surface area contributed by atoms with Crippen LogP contribution in [0, 0.1) is 13.8 Å². The van der Waals surface area contributed by atoms with E-state index in [2.05, 4.69) is 15.4 Å². The van der Waals surface area contributed by atoms with Crippen LogP contribution in [0.4, 0.5) is 0 Å². The molecule has 5 heteroatoms. The monoisotopic (exact) mass is 260 g/mol. The second kappa shape index (κ2) is 5.84. The summed E-state index contributed by atoms with van der Waals surface area (Å²) in [6, 6.07) is 6.04. The highest BCUT2D eigenvalue weighted by atomic mass is 16.5. The molecule has 0 radical (unpaired) electrons. The molecule has 2 rings (SSSR count). The Balaban J connectivity index is 2.00. The second-order valence-corrected chi connectivity index (χ2v) is 4.57. The molecular formula is C14H20N4O. The van der Waals surface area contributed by atoms with Crippen LogP contribution < -0.4 is 10.1 Å². The molecule has 0 spiro atoms. The largest absolute Gasteiger partial charge is 0.481 e. The molecule has 0 aliphatic heterocycles. The van der Waals surface area contributed by atoms with Crippen molar-refractivity contribution in [3.8, 4) is 5.88 Å². The predicted molar refractivity (Wildman–Crippen MR) is 74.0 cm³/mol. The van der Waals surface area contributed by atoms with Gasteiger partial charge in [-0.3, -0.25) is 4.98 Å². The lowest BCUT2D eigenvalue weighted by Crippen LogP contribution is -2.14. The van der Waals surface area contributed by atoms with E-state index in [4.69, 9.17) is 4.74 Å². The molecule has 102 valence electrons. The van der Waals surface area contributed by atoms with Crippen molar-refractivity contribution in [2.45, 2.75) is 26.9 Å². The van der Waals surface area contributed by atoms with Gasteiger partial charge in [-0.05, 0) is 26.0 Å². The van der Waals surface area contributed by atoms with Crippen LogP contribution in [0.1, 0.15) is 22.6 Å². The van der Waals surface area contributed by atoms with Gasteiger partial charge in [0, 0.05) is 25.8 Å². The maximum absolute atomic E-state index is 5.36. The molecule has 2 aromatic heterocycles. The number of nitrogens with one attached hydrogen (secondary N) is 1. The minimum atomic E-state index is 0.721. The smallest absolute Gasteiger partial charge is 0.216 e. The molecule has 0 saturated heterocycles. The molecule has 0 amide bonds. The van der Waals surface area contributed by atoms with Gasteiger partial charge in [0.2, 0.25) is 5.88 Å². The molecule has 0 aromatic carbocycles. The first-order valence-corrected chi connectivity index (χ1v) is 6.31. The fourth-order valence-electron chi connectivity index (χ4n) is 2.15. The first kappa shape index (κ1) is 13.5. The van der Waals surface area contributed by atoms with Crippen molar-refractivity contribution >= 4 is 0 Å². The molecule has 0 aliphatic carbocycles. The lowest BCUT2D eigenvalue weighted by molar-refractivity contribution is 0.368. The lowest BCUT2D eigenvalue weighted by Gasteiger charge is -2.07. The van der Waals surface area contributed by atoms with Crippen molar-refractivity contribution in [1.82, 2.24) is 20.1 Å².